The molecule has 1 aliphatic carbocycles. The Morgan fingerprint density at radius 3 is 2.32 bits per heavy atom. The van der Waals surface area contributed by atoms with Crippen LogP contribution in [0.3, 0.4) is 0 Å². The largest absolute Gasteiger partial charge is 0.452 e. The minimum Gasteiger partial charge on any atom is -0.452 e. The minimum absolute atomic E-state index is 0.0289. The number of nitrogens with zero attached hydrogens (tertiary/aromatic N) is 1. The van der Waals surface area contributed by atoms with E-state index >= 15 is 0 Å². The second-order valence-electron chi connectivity index (χ2n) is 6.72. The number of alkyl halides is 3. The summed E-state index contributed by atoms with van der Waals surface area (Å²) in [7, 11) is 1.69. The van der Waals surface area contributed by atoms with Gasteiger partial charge in [-0.05, 0) is 25.0 Å². The molecular formula is C19H23F3N2O4. The van der Waals surface area contributed by atoms with E-state index in [2.05, 4.69) is 0 Å². The van der Waals surface area contributed by atoms with Crippen molar-refractivity contribution in [3.8, 4) is 0 Å². The Balaban J connectivity index is 2.01. The molecule has 0 spiro atoms. The summed E-state index contributed by atoms with van der Waals surface area (Å²) < 4.78 is 41.0. The zero-order chi connectivity index (χ0) is 20.7. The Morgan fingerprint density at radius 2 is 1.71 bits per heavy atom. The number of hydrogen-bond acceptors (Lipinski definition) is 4. The minimum atomic E-state index is -4.55. The molecule has 0 atom stereocenters. The summed E-state index contributed by atoms with van der Waals surface area (Å²) >= 11 is 0. The molecule has 1 fully saturated rings. The van der Waals surface area contributed by atoms with Crippen molar-refractivity contribution >= 4 is 17.8 Å². The molecule has 0 radical (unpaired) electrons. The van der Waals surface area contributed by atoms with E-state index in [9.17, 15) is 27.6 Å². The van der Waals surface area contributed by atoms with Crippen LogP contribution in [0.2, 0.25) is 0 Å². The predicted octanol–water partition coefficient (Wildman–Crippen LogP) is 2.93. The van der Waals surface area contributed by atoms with Crippen molar-refractivity contribution in [1.82, 2.24) is 10.2 Å². The van der Waals surface area contributed by atoms with E-state index in [0.29, 0.717) is 0 Å². The van der Waals surface area contributed by atoms with Gasteiger partial charge in [0.2, 0.25) is 0 Å². The normalized spacial score (nSPS) is 15.0. The summed E-state index contributed by atoms with van der Waals surface area (Å²) in [5, 5.41) is 1.61. The number of carbonyl (C=O) groups excluding carboxylic acids is 3. The lowest BCUT2D eigenvalue weighted by Gasteiger charge is -2.31. The highest BCUT2D eigenvalue weighted by atomic mass is 19.4. The van der Waals surface area contributed by atoms with Crippen molar-refractivity contribution < 1.29 is 32.3 Å². The van der Waals surface area contributed by atoms with Crippen LogP contribution >= 0.6 is 0 Å². The van der Waals surface area contributed by atoms with Crippen molar-refractivity contribution in [3.05, 3.63) is 35.4 Å². The molecule has 0 bridgehead atoms. The van der Waals surface area contributed by atoms with Crippen molar-refractivity contribution in [2.75, 3.05) is 20.2 Å². The quantitative estimate of drug-likeness (QED) is 0.745. The molecule has 2 amide bonds. The van der Waals surface area contributed by atoms with E-state index < -0.39 is 31.2 Å². The van der Waals surface area contributed by atoms with Crippen molar-refractivity contribution in [3.63, 3.8) is 0 Å². The Labute approximate surface area is 161 Å². The Kier molecular flexibility index (Phi) is 7.42. The maximum atomic E-state index is 12.8. The molecule has 0 heterocycles. The predicted molar refractivity (Wildman–Crippen MR) is 94.8 cm³/mol. The molecule has 154 valence electrons. The van der Waals surface area contributed by atoms with Crippen LogP contribution in [0.1, 0.15) is 52.8 Å². The maximum Gasteiger partial charge on any atom is 0.405 e. The number of carbonyl (C=O) groups is 3. The second-order valence-corrected chi connectivity index (χ2v) is 6.72. The average Bonchev–Trinajstić information content (AvgIpc) is 2.69. The summed E-state index contributed by atoms with van der Waals surface area (Å²) in [6, 6.07) is 6.12. The van der Waals surface area contributed by atoms with Gasteiger partial charge >= 0.3 is 12.1 Å². The van der Waals surface area contributed by atoms with Gasteiger partial charge in [0.25, 0.3) is 11.8 Å². The van der Waals surface area contributed by atoms with Gasteiger partial charge in [0.05, 0.1) is 11.1 Å². The number of rotatable bonds is 6. The molecule has 1 aromatic rings. The summed E-state index contributed by atoms with van der Waals surface area (Å²) in [5.41, 5.74) is 0.107. The summed E-state index contributed by atoms with van der Waals surface area (Å²) in [6.07, 6.45) is 0.459. The van der Waals surface area contributed by atoms with Crippen LogP contribution in [0.25, 0.3) is 0 Å². The molecule has 0 saturated heterocycles. The number of hydrogen-bond donors (Lipinski definition) is 1. The molecule has 0 aliphatic heterocycles. The lowest BCUT2D eigenvalue weighted by atomic mass is 9.94. The van der Waals surface area contributed by atoms with Crippen LogP contribution < -0.4 is 5.32 Å². The summed E-state index contributed by atoms with van der Waals surface area (Å²) in [6.45, 7) is -2.37. The fourth-order valence-corrected chi connectivity index (χ4v) is 3.13. The summed E-state index contributed by atoms with van der Waals surface area (Å²) in [5.74, 6) is -2.35. The third kappa shape index (κ3) is 6.24. The molecule has 1 aliphatic rings. The van der Waals surface area contributed by atoms with Gasteiger partial charge in [-0.25, -0.2) is 4.79 Å². The zero-order valence-corrected chi connectivity index (χ0v) is 15.6. The first-order valence-corrected chi connectivity index (χ1v) is 9.06. The average molecular weight is 400 g/mol. The van der Waals surface area contributed by atoms with Crippen LogP contribution in [-0.4, -0.2) is 55.1 Å². The van der Waals surface area contributed by atoms with Gasteiger partial charge in [0.15, 0.2) is 6.61 Å². The summed E-state index contributed by atoms with van der Waals surface area (Å²) in [4.78, 5) is 38.1. The first kappa shape index (κ1) is 21.7. The SMILES string of the molecule is CN(C(=O)c1ccccc1C(=O)OCC(=O)NCC(F)(F)F)C1CCCCC1. The molecule has 6 nitrogen and oxygen atoms in total. The highest BCUT2D eigenvalue weighted by Gasteiger charge is 2.29. The van der Waals surface area contributed by atoms with Crippen LogP contribution in [0, 0.1) is 0 Å². The Morgan fingerprint density at radius 1 is 1.11 bits per heavy atom. The fourth-order valence-electron chi connectivity index (χ4n) is 3.13. The lowest BCUT2D eigenvalue weighted by Crippen LogP contribution is -2.39. The standard InChI is InChI=1S/C19H23F3N2O4/c1-24(13-7-3-2-4-8-13)17(26)14-9-5-6-10-15(14)18(27)28-11-16(25)23-12-19(20,21)22/h5-6,9-10,13H,2-4,7-8,11-12H2,1H3,(H,23,25). The Bertz CT molecular complexity index is 715. The lowest BCUT2D eigenvalue weighted by molar-refractivity contribution is -0.140. The van der Waals surface area contributed by atoms with Gasteiger partial charge in [0, 0.05) is 13.1 Å². The van der Waals surface area contributed by atoms with Crippen molar-refractivity contribution in [2.45, 2.75) is 44.3 Å². The molecule has 0 unspecified atom stereocenters. The third-order valence-corrected chi connectivity index (χ3v) is 4.64. The van der Waals surface area contributed by atoms with Crippen molar-refractivity contribution in [2.24, 2.45) is 0 Å². The van der Waals surface area contributed by atoms with Gasteiger partial charge in [-0.3, -0.25) is 9.59 Å². The number of esters is 1. The van der Waals surface area contributed by atoms with Gasteiger partial charge in [-0.2, -0.15) is 13.2 Å². The Hall–Kier alpha value is -2.58. The molecule has 1 saturated carbocycles. The monoisotopic (exact) mass is 400 g/mol. The van der Waals surface area contributed by atoms with E-state index in [-0.39, 0.29) is 23.1 Å². The number of ether oxygens (including phenoxy) is 1. The first-order valence-electron chi connectivity index (χ1n) is 9.06. The van der Waals surface area contributed by atoms with Crippen LogP contribution in [-0.2, 0) is 9.53 Å². The second kappa shape index (κ2) is 9.57. The molecular weight excluding hydrogens is 377 g/mol. The molecule has 0 aromatic heterocycles. The van der Waals surface area contributed by atoms with Gasteiger partial charge < -0.3 is 15.0 Å². The smallest absolute Gasteiger partial charge is 0.405 e. The molecule has 2 rings (SSSR count). The van der Waals surface area contributed by atoms with Crippen LogP contribution in [0.5, 0.6) is 0 Å². The highest BCUT2D eigenvalue weighted by Crippen LogP contribution is 2.24. The van der Waals surface area contributed by atoms with E-state index in [1.165, 1.54) is 18.2 Å². The highest BCUT2D eigenvalue weighted by molar-refractivity contribution is 6.05. The number of benzene rings is 1. The van der Waals surface area contributed by atoms with E-state index in [1.54, 1.807) is 23.3 Å². The number of halogens is 3. The molecule has 9 heteroatoms. The number of nitrogens with one attached hydrogen (secondary N) is 1. The van der Waals surface area contributed by atoms with E-state index in [1.807, 2.05) is 0 Å². The van der Waals surface area contributed by atoms with Gasteiger partial charge in [-0.1, -0.05) is 31.4 Å². The molecule has 1 N–H and O–H groups in total. The van der Waals surface area contributed by atoms with E-state index in [4.69, 9.17) is 4.74 Å². The maximum absolute atomic E-state index is 12.8. The van der Waals surface area contributed by atoms with Crippen LogP contribution in [0.15, 0.2) is 24.3 Å². The molecule has 1 aromatic carbocycles. The first-order chi connectivity index (χ1) is 13.2. The molecule has 28 heavy (non-hydrogen) atoms. The zero-order valence-electron chi connectivity index (χ0n) is 15.6. The fraction of sp³-hybridized carbons (Fsp3) is 0.526. The van der Waals surface area contributed by atoms with Crippen molar-refractivity contribution in [1.29, 1.82) is 0 Å². The van der Waals surface area contributed by atoms with Gasteiger partial charge in [0.1, 0.15) is 6.54 Å². The van der Waals surface area contributed by atoms with Gasteiger partial charge in [-0.15, -0.1) is 0 Å². The van der Waals surface area contributed by atoms with E-state index in [0.717, 1.165) is 32.1 Å². The third-order valence-electron chi connectivity index (χ3n) is 4.64. The topological polar surface area (TPSA) is 75.7 Å². The number of amides is 2. The van der Waals surface area contributed by atoms with Crippen LogP contribution in [0.4, 0.5) is 13.2 Å².